The van der Waals surface area contributed by atoms with Crippen molar-refractivity contribution in [3.05, 3.63) is 119 Å². The molecule has 0 aliphatic carbocycles. The van der Waals surface area contributed by atoms with E-state index in [1.165, 1.54) is 4.90 Å². The van der Waals surface area contributed by atoms with Gasteiger partial charge in [-0.05, 0) is 60.2 Å². The maximum Gasteiger partial charge on any atom is 0.264 e. The molecule has 1 amide bonds. The first-order valence-corrected chi connectivity index (χ1v) is 11.0. The van der Waals surface area contributed by atoms with Crippen molar-refractivity contribution >= 4 is 29.0 Å². The first-order chi connectivity index (χ1) is 16.0. The number of aromatic nitrogens is 1. The Morgan fingerprint density at radius 3 is 2.30 bits per heavy atom. The first-order valence-electron chi connectivity index (χ1n) is 10.6. The predicted octanol–water partition coefficient (Wildman–Crippen LogP) is 5.14. The molecule has 5 nitrogen and oxygen atoms in total. The molecule has 1 aliphatic heterocycles. The van der Waals surface area contributed by atoms with Crippen LogP contribution in [0.25, 0.3) is 5.69 Å². The summed E-state index contributed by atoms with van der Waals surface area (Å²) in [6, 6.07) is 25.4. The largest absolute Gasteiger partial charge is 0.375 e. The van der Waals surface area contributed by atoms with Gasteiger partial charge in [-0.25, -0.2) is 0 Å². The van der Waals surface area contributed by atoms with E-state index < -0.39 is 11.5 Å². The van der Waals surface area contributed by atoms with Gasteiger partial charge in [-0.1, -0.05) is 41.9 Å². The van der Waals surface area contributed by atoms with Gasteiger partial charge in [0.1, 0.15) is 0 Å². The molecule has 1 N–H and O–H groups in total. The van der Waals surface area contributed by atoms with E-state index in [2.05, 4.69) is 0 Å². The molecule has 1 atom stereocenters. The Hall–Kier alpha value is -3.67. The number of aliphatic hydroxyl groups is 1. The van der Waals surface area contributed by atoms with Gasteiger partial charge in [-0.3, -0.25) is 9.59 Å². The molecule has 6 heteroatoms. The number of anilines is 1. The van der Waals surface area contributed by atoms with Crippen molar-refractivity contribution in [2.24, 2.45) is 0 Å². The first kappa shape index (κ1) is 21.2. The summed E-state index contributed by atoms with van der Waals surface area (Å²) in [6.07, 6.45) is 3.46. The number of nitrogens with zero attached hydrogens (tertiary/aromatic N) is 2. The zero-order valence-corrected chi connectivity index (χ0v) is 18.4. The van der Waals surface area contributed by atoms with Crippen LogP contribution in [-0.2, 0) is 16.9 Å². The van der Waals surface area contributed by atoms with Crippen molar-refractivity contribution in [2.45, 2.75) is 18.6 Å². The number of benzene rings is 3. The Morgan fingerprint density at radius 2 is 1.61 bits per heavy atom. The maximum atomic E-state index is 13.5. The van der Waals surface area contributed by atoms with Crippen LogP contribution in [0.5, 0.6) is 0 Å². The lowest BCUT2D eigenvalue weighted by molar-refractivity contribution is -0.136. The Labute approximate surface area is 196 Å². The van der Waals surface area contributed by atoms with Crippen LogP contribution in [0, 0.1) is 0 Å². The summed E-state index contributed by atoms with van der Waals surface area (Å²) in [5.74, 6) is -0.849. The third kappa shape index (κ3) is 3.86. The number of hydrogen-bond donors (Lipinski definition) is 1. The van der Waals surface area contributed by atoms with E-state index in [9.17, 15) is 14.7 Å². The van der Waals surface area contributed by atoms with Crippen LogP contribution in [0.3, 0.4) is 0 Å². The fraction of sp³-hybridized carbons (Fsp3) is 0.111. The Balaban J connectivity index is 1.45. The molecule has 1 aliphatic rings. The third-order valence-electron chi connectivity index (χ3n) is 5.99. The number of Topliss-reactive ketones (excluding diaryl/α,β-unsaturated/α-hetero) is 1. The number of fused-ring (bicyclic) bond motifs is 1. The lowest BCUT2D eigenvalue weighted by Gasteiger charge is -2.23. The molecule has 3 aromatic carbocycles. The number of carbonyl (C=O) groups excluding carboxylic acids is 2. The fourth-order valence-corrected chi connectivity index (χ4v) is 4.45. The van der Waals surface area contributed by atoms with Crippen molar-refractivity contribution in [1.29, 1.82) is 0 Å². The van der Waals surface area contributed by atoms with E-state index in [0.717, 1.165) is 11.3 Å². The summed E-state index contributed by atoms with van der Waals surface area (Å²) in [5.41, 5.74) is 1.20. The highest BCUT2D eigenvalue weighted by molar-refractivity contribution is 6.31. The highest BCUT2D eigenvalue weighted by Crippen LogP contribution is 2.44. The molecule has 0 saturated carbocycles. The molecule has 0 bridgehead atoms. The van der Waals surface area contributed by atoms with E-state index in [1.54, 1.807) is 30.3 Å². The highest BCUT2D eigenvalue weighted by atomic mass is 35.5. The second-order valence-corrected chi connectivity index (χ2v) is 8.57. The summed E-state index contributed by atoms with van der Waals surface area (Å²) in [6.45, 7) is 0.288. The van der Waals surface area contributed by atoms with Gasteiger partial charge in [-0.15, -0.1) is 0 Å². The summed E-state index contributed by atoms with van der Waals surface area (Å²) < 4.78 is 1.93. The number of amides is 1. The van der Waals surface area contributed by atoms with Crippen LogP contribution < -0.4 is 4.90 Å². The minimum atomic E-state index is -1.98. The van der Waals surface area contributed by atoms with Gasteiger partial charge in [-0.2, -0.15) is 0 Å². The van der Waals surface area contributed by atoms with Crippen molar-refractivity contribution in [3.63, 3.8) is 0 Å². The lowest BCUT2D eigenvalue weighted by atomic mass is 9.88. The minimum absolute atomic E-state index is 0.288. The maximum absolute atomic E-state index is 13.5. The molecule has 164 valence electrons. The molecule has 0 unspecified atom stereocenters. The smallest absolute Gasteiger partial charge is 0.264 e. The monoisotopic (exact) mass is 456 g/mol. The van der Waals surface area contributed by atoms with E-state index >= 15 is 0 Å². The van der Waals surface area contributed by atoms with E-state index in [1.807, 2.05) is 71.6 Å². The van der Waals surface area contributed by atoms with Crippen LogP contribution in [0.4, 0.5) is 5.69 Å². The van der Waals surface area contributed by atoms with Crippen molar-refractivity contribution in [3.8, 4) is 5.69 Å². The van der Waals surface area contributed by atoms with E-state index in [-0.39, 0.29) is 18.7 Å². The normalized spacial score (nSPS) is 17.3. The number of carbonyl (C=O) groups is 2. The number of hydrogen-bond acceptors (Lipinski definition) is 3. The minimum Gasteiger partial charge on any atom is -0.375 e. The quantitative estimate of drug-likeness (QED) is 0.409. The Kier molecular flexibility index (Phi) is 5.36. The summed E-state index contributed by atoms with van der Waals surface area (Å²) in [4.78, 5) is 28.1. The Morgan fingerprint density at radius 1 is 0.909 bits per heavy atom. The topological polar surface area (TPSA) is 62.5 Å². The van der Waals surface area contributed by atoms with Crippen LogP contribution in [0.2, 0.25) is 5.02 Å². The average molecular weight is 457 g/mol. The second kappa shape index (κ2) is 8.35. The molecule has 5 rings (SSSR count). The van der Waals surface area contributed by atoms with Gasteiger partial charge in [0.05, 0.1) is 18.7 Å². The molecule has 1 aromatic heterocycles. The zero-order chi connectivity index (χ0) is 23.0. The molecule has 0 radical (unpaired) electrons. The molecular weight excluding hydrogens is 436 g/mol. The lowest BCUT2D eigenvalue weighted by Crippen LogP contribution is -2.41. The van der Waals surface area contributed by atoms with E-state index in [4.69, 9.17) is 11.6 Å². The third-order valence-corrected chi connectivity index (χ3v) is 6.22. The van der Waals surface area contributed by atoms with E-state index in [0.29, 0.717) is 21.8 Å². The molecule has 0 spiro atoms. The highest BCUT2D eigenvalue weighted by Gasteiger charge is 2.51. The number of rotatable bonds is 6. The Bertz CT molecular complexity index is 1320. The van der Waals surface area contributed by atoms with Crippen LogP contribution in [0.1, 0.15) is 27.9 Å². The molecule has 0 saturated heterocycles. The van der Waals surface area contributed by atoms with Crippen molar-refractivity contribution in [2.75, 3.05) is 4.90 Å². The van der Waals surface area contributed by atoms with Gasteiger partial charge >= 0.3 is 0 Å². The van der Waals surface area contributed by atoms with Crippen LogP contribution >= 0.6 is 11.6 Å². The van der Waals surface area contributed by atoms with Gasteiger partial charge in [0.15, 0.2) is 11.4 Å². The van der Waals surface area contributed by atoms with Gasteiger partial charge in [0.25, 0.3) is 5.91 Å². The summed E-state index contributed by atoms with van der Waals surface area (Å²) >= 11 is 6.20. The molecular formula is C27H21ClN2O3. The molecule has 0 fully saturated rings. The number of ketones is 1. The van der Waals surface area contributed by atoms with Crippen molar-refractivity contribution in [1.82, 2.24) is 4.57 Å². The molecule has 4 aromatic rings. The SMILES string of the molecule is O=C(C[C@]1(O)C(=O)N(Cc2ccccc2)c2ccc(Cl)cc21)c1ccc(-n2cccc2)cc1. The standard InChI is InChI=1S/C27H21ClN2O3/c28-21-10-13-24-23(16-21)27(33,26(32)30(24)18-19-6-2-1-3-7-19)17-25(31)20-8-11-22(12-9-20)29-14-4-5-15-29/h1-16,33H,17-18H2/t27-/m1/s1. The molecule has 2 heterocycles. The summed E-state index contributed by atoms with van der Waals surface area (Å²) in [7, 11) is 0. The predicted molar refractivity (Wildman–Crippen MR) is 128 cm³/mol. The van der Waals surface area contributed by atoms with Gasteiger partial charge in [0.2, 0.25) is 0 Å². The van der Waals surface area contributed by atoms with Gasteiger partial charge < -0.3 is 14.6 Å². The summed E-state index contributed by atoms with van der Waals surface area (Å²) in [5, 5.41) is 11.9. The van der Waals surface area contributed by atoms with Crippen molar-refractivity contribution < 1.29 is 14.7 Å². The zero-order valence-electron chi connectivity index (χ0n) is 17.7. The molecule has 33 heavy (non-hydrogen) atoms. The van der Waals surface area contributed by atoms with Crippen LogP contribution in [-0.4, -0.2) is 21.4 Å². The average Bonchev–Trinajstić information content (AvgIpc) is 3.43. The van der Waals surface area contributed by atoms with Crippen LogP contribution in [0.15, 0.2) is 97.3 Å². The van der Waals surface area contributed by atoms with Gasteiger partial charge in [0, 0.05) is 34.2 Å². The fourth-order valence-electron chi connectivity index (χ4n) is 4.28. The number of halogens is 1. The second-order valence-electron chi connectivity index (χ2n) is 8.14.